The Morgan fingerprint density at radius 1 is 1.37 bits per heavy atom. The molecule has 1 saturated carbocycles. The fourth-order valence-corrected chi connectivity index (χ4v) is 3.61. The van der Waals surface area contributed by atoms with Crippen LogP contribution >= 0.6 is 0 Å². The van der Waals surface area contributed by atoms with E-state index in [0.29, 0.717) is 23.7 Å². The van der Waals surface area contributed by atoms with Crippen LogP contribution in [0.5, 0.6) is 0 Å². The summed E-state index contributed by atoms with van der Waals surface area (Å²) in [5.41, 5.74) is 3.28. The van der Waals surface area contributed by atoms with E-state index in [1.165, 1.54) is 12.8 Å². The first kappa shape index (κ1) is 17.9. The van der Waals surface area contributed by atoms with E-state index in [9.17, 15) is 9.18 Å². The van der Waals surface area contributed by atoms with Crippen LogP contribution in [0.3, 0.4) is 0 Å². The van der Waals surface area contributed by atoms with Crippen molar-refractivity contribution in [3.05, 3.63) is 47.1 Å². The van der Waals surface area contributed by atoms with Crippen molar-refractivity contribution >= 4 is 17.4 Å². The van der Waals surface area contributed by atoms with Crippen LogP contribution in [0.25, 0.3) is 0 Å². The lowest BCUT2D eigenvalue weighted by Crippen LogP contribution is -2.24. The van der Waals surface area contributed by atoms with Gasteiger partial charge in [-0.25, -0.2) is 4.39 Å². The SMILES string of the molecule is CC1=C\C2=NC(C(C)C(=O)Nc3cc(C4CC4)[nH]n3)=CC(CC/C=C\1F)C2. The van der Waals surface area contributed by atoms with Crippen molar-refractivity contribution < 1.29 is 9.18 Å². The number of carbonyl (C=O) groups is 1. The van der Waals surface area contributed by atoms with Gasteiger partial charge in [-0.2, -0.15) is 5.10 Å². The van der Waals surface area contributed by atoms with E-state index in [2.05, 4.69) is 26.6 Å². The number of nitrogens with one attached hydrogen (secondary N) is 2. The van der Waals surface area contributed by atoms with Gasteiger partial charge in [0.25, 0.3) is 0 Å². The molecule has 1 aliphatic heterocycles. The van der Waals surface area contributed by atoms with E-state index in [-0.39, 0.29) is 17.7 Å². The molecule has 2 aliphatic carbocycles. The fraction of sp³-hybridized carbons (Fsp3) is 0.476. The fourth-order valence-electron chi connectivity index (χ4n) is 3.61. The third kappa shape index (κ3) is 4.10. The zero-order valence-corrected chi connectivity index (χ0v) is 15.8. The zero-order chi connectivity index (χ0) is 19.0. The second kappa shape index (κ2) is 7.25. The Kier molecular flexibility index (Phi) is 4.81. The summed E-state index contributed by atoms with van der Waals surface area (Å²) in [6, 6.07) is 1.91. The number of hydrogen-bond acceptors (Lipinski definition) is 3. The molecule has 27 heavy (non-hydrogen) atoms. The van der Waals surface area contributed by atoms with Crippen molar-refractivity contribution in [1.82, 2.24) is 10.2 Å². The van der Waals surface area contributed by atoms with Crippen molar-refractivity contribution in [2.45, 2.75) is 51.9 Å². The molecule has 1 aromatic heterocycles. The smallest absolute Gasteiger partial charge is 0.234 e. The average molecular weight is 368 g/mol. The van der Waals surface area contributed by atoms with E-state index in [1.54, 1.807) is 19.1 Å². The minimum atomic E-state index is -0.392. The van der Waals surface area contributed by atoms with Gasteiger partial charge in [-0.05, 0) is 69.6 Å². The predicted octanol–water partition coefficient (Wildman–Crippen LogP) is 4.80. The number of rotatable bonds is 4. The molecule has 2 heterocycles. The third-order valence-electron chi connectivity index (χ3n) is 5.47. The van der Waals surface area contributed by atoms with Crippen LogP contribution in [0, 0.1) is 11.8 Å². The van der Waals surface area contributed by atoms with E-state index in [1.807, 2.05) is 13.0 Å². The third-order valence-corrected chi connectivity index (χ3v) is 5.47. The van der Waals surface area contributed by atoms with Crippen LogP contribution in [0.4, 0.5) is 10.2 Å². The van der Waals surface area contributed by atoms with Gasteiger partial charge >= 0.3 is 0 Å². The maximum Gasteiger partial charge on any atom is 0.234 e. The first-order chi connectivity index (χ1) is 13.0. The summed E-state index contributed by atoms with van der Waals surface area (Å²) in [7, 11) is 0. The van der Waals surface area contributed by atoms with Crippen LogP contribution < -0.4 is 5.32 Å². The number of anilines is 1. The number of aromatic nitrogens is 2. The zero-order valence-electron chi connectivity index (χ0n) is 15.8. The first-order valence-corrected chi connectivity index (χ1v) is 9.69. The van der Waals surface area contributed by atoms with E-state index in [4.69, 9.17) is 0 Å². The maximum absolute atomic E-state index is 14.0. The van der Waals surface area contributed by atoms with Crippen molar-refractivity contribution in [2.24, 2.45) is 16.8 Å². The van der Waals surface area contributed by atoms with Crippen molar-refractivity contribution in [3.8, 4) is 0 Å². The van der Waals surface area contributed by atoms with Gasteiger partial charge in [0.1, 0.15) is 5.83 Å². The molecular formula is C21H25FN4O. The van der Waals surface area contributed by atoms with E-state index >= 15 is 0 Å². The Bertz CT molecular complexity index is 872. The number of hydrogen-bond donors (Lipinski definition) is 2. The lowest BCUT2D eigenvalue weighted by Gasteiger charge is -2.22. The first-order valence-electron chi connectivity index (χ1n) is 9.69. The number of allylic oxidation sites excluding steroid dienone is 5. The molecule has 0 saturated heterocycles. The number of carbonyl (C=O) groups excluding carboxylic acids is 1. The second-order valence-electron chi connectivity index (χ2n) is 7.81. The number of amides is 1. The molecule has 5 nitrogen and oxygen atoms in total. The number of aromatic amines is 1. The Balaban J connectivity index is 1.50. The molecule has 1 amide bonds. The van der Waals surface area contributed by atoms with Gasteiger partial charge in [-0.1, -0.05) is 6.08 Å². The van der Waals surface area contributed by atoms with Crippen LogP contribution in [-0.4, -0.2) is 21.8 Å². The largest absolute Gasteiger partial charge is 0.309 e. The molecular weight excluding hydrogens is 343 g/mol. The number of halogens is 1. The molecule has 2 N–H and O–H groups in total. The summed E-state index contributed by atoms with van der Waals surface area (Å²) in [5.74, 6) is 0.706. The summed E-state index contributed by atoms with van der Waals surface area (Å²) in [6.07, 6.45) is 10.2. The Morgan fingerprint density at radius 3 is 2.96 bits per heavy atom. The molecule has 0 spiro atoms. The molecule has 142 valence electrons. The summed E-state index contributed by atoms with van der Waals surface area (Å²) in [4.78, 5) is 17.4. The van der Waals surface area contributed by atoms with Gasteiger partial charge in [0.2, 0.25) is 5.91 Å². The number of fused-ring (bicyclic) bond motifs is 2. The van der Waals surface area contributed by atoms with Crippen LogP contribution in [0.1, 0.15) is 57.6 Å². The highest BCUT2D eigenvalue weighted by Gasteiger charge is 2.27. The quantitative estimate of drug-likeness (QED) is 0.801. The molecule has 6 heteroatoms. The molecule has 2 bridgehead atoms. The topological polar surface area (TPSA) is 70.1 Å². The van der Waals surface area contributed by atoms with Gasteiger partial charge in [0, 0.05) is 29.1 Å². The van der Waals surface area contributed by atoms with Crippen molar-refractivity contribution in [3.63, 3.8) is 0 Å². The van der Waals surface area contributed by atoms with Gasteiger partial charge < -0.3 is 5.32 Å². The molecule has 4 rings (SSSR count). The van der Waals surface area contributed by atoms with Crippen LogP contribution in [0.15, 0.2) is 46.4 Å². The number of H-pyrrole nitrogens is 1. The predicted molar refractivity (Wildman–Crippen MR) is 104 cm³/mol. The highest BCUT2D eigenvalue weighted by Crippen LogP contribution is 2.39. The lowest BCUT2D eigenvalue weighted by atomic mass is 9.90. The van der Waals surface area contributed by atoms with Crippen molar-refractivity contribution in [2.75, 3.05) is 5.32 Å². The van der Waals surface area contributed by atoms with Crippen molar-refractivity contribution in [1.29, 1.82) is 0 Å². The van der Waals surface area contributed by atoms with Crippen LogP contribution in [0.2, 0.25) is 0 Å². The van der Waals surface area contributed by atoms with Gasteiger partial charge in [0.05, 0.1) is 5.92 Å². The Labute approximate surface area is 158 Å². The molecule has 2 unspecified atom stereocenters. The molecule has 3 aliphatic rings. The highest BCUT2D eigenvalue weighted by molar-refractivity contribution is 5.99. The van der Waals surface area contributed by atoms with E-state index < -0.39 is 5.92 Å². The summed E-state index contributed by atoms with van der Waals surface area (Å²) < 4.78 is 14.0. The van der Waals surface area contributed by atoms with Gasteiger partial charge in [-0.15, -0.1) is 0 Å². The average Bonchev–Trinajstić information content (AvgIpc) is 3.39. The Morgan fingerprint density at radius 2 is 2.19 bits per heavy atom. The van der Waals surface area contributed by atoms with Gasteiger partial charge in [0.15, 0.2) is 5.82 Å². The molecule has 1 fully saturated rings. The number of nitrogens with zero attached hydrogens (tertiary/aromatic N) is 2. The standard InChI is InChI=1S/C21H25FN4O/c1-12-8-16-9-14(4-3-5-17(12)22)10-18(23-16)13(2)21(27)24-20-11-19(25-26-20)15-6-7-15/h5,8,10-11,13-15H,3-4,6-7,9H2,1-2H3,(H2,24,25,26,27)/b12-8+,17-5+. The van der Waals surface area contributed by atoms with Crippen LogP contribution in [-0.2, 0) is 4.79 Å². The molecule has 0 aromatic carbocycles. The minimum Gasteiger partial charge on any atom is -0.309 e. The second-order valence-corrected chi connectivity index (χ2v) is 7.81. The highest BCUT2D eigenvalue weighted by atomic mass is 19.1. The maximum atomic E-state index is 14.0. The molecule has 1 aromatic rings. The van der Waals surface area contributed by atoms with E-state index in [0.717, 1.165) is 29.9 Å². The van der Waals surface area contributed by atoms with Gasteiger partial charge in [-0.3, -0.25) is 14.9 Å². The number of aliphatic imine (C=N–C) groups is 1. The molecule has 0 radical (unpaired) electrons. The summed E-state index contributed by atoms with van der Waals surface area (Å²) in [6.45, 7) is 3.62. The monoisotopic (exact) mass is 368 g/mol. The summed E-state index contributed by atoms with van der Waals surface area (Å²) in [5, 5.41) is 10.1. The minimum absolute atomic E-state index is 0.126. The normalized spacial score (nSPS) is 27.6. The summed E-state index contributed by atoms with van der Waals surface area (Å²) >= 11 is 0. The molecule has 2 atom stereocenters. The Hall–Kier alpha value is -2.50. The lowest BCUT2D eigenvalue weighted by molar-refractivity contribution is -0.118.